The number of amides is 1. The number of carbonyl (C=O) groups is 1. The van der Waals surface area contributed by atoms with Crippen LogP contribution in [0.3, 0.4) is 0 Å². The van der Waals surface area contributed by atoms with Crippen LogP contribution in [0, 0.1) is 5.92 Å². The van der Waals surface area contributed by atoms with Gasteiger partial charge in [0.05, 0.1) is 6.04 Å². The van der Waals surface area contributed by atoms with Gasteiger partial charge in [-0.2, -0.15) is 0 Å². The molecule has 0 bridgehead atoms. The highest BCUT2D eigenvalue weighted by Gasteiger charge is 2.23. The summed E-state index contributed by atoms with van der Waals surface area (Å²) in [4.78, 5) is 11.7. The summed E-state index contributed by atoms with van der Waals surface area (Å²) in [6.45, 7) is 3.92. The van der Waals surface area contributed by atoms with Crippen molar-refractivity contribution in [1.82, 2.24) is 5.32 Å². The van der Waals surface area contributed by atoms with Crippen molar-refractivity contribution in [3.63, 3.8) is 0 Å². The van der Waals surface area contributed by atoms with Crippen molar-refractivity contribution in [2.75, 3.05) is 0 Å². The van der Waals surface area contributed by atoms with Crippen molar-refractivity contribution in [1.29, 1.82) is 0 Å². The van der Waals surface area contributed by atoms with Gasteiger partial charge in [-0.15, -0.1) is 0 Å². The largest absolute Gasteiger partial charge is 0.352 e. The quantitative estimate of drug-likeness (QED) is 0.633. The van der Waals surface area contributed by atoms with Crippen molar-refractivity contribution in [2.24, 2.45) is 17.4 Å². The van der Waals surface area contributed by atoms with E-state index in [-0.39, 0.29) is 23.9 Å². The van der Waals surface area contributed by atoms with Crippen LogP contribution in [0.5, 0.6) is 0 Å². The van der Waals surface area contributed by atoms with Crippen LogP contribution in [0.4, 0.5) is 0 Å². The fraction of sp³-hybridized carbons (Fsp3) is 0.909. The molecule has 0 spiro atoms. The summed E-state index contributed by atoms with van der Waals surface area (Å²) < 4.78 is 0. The van der Waals surface area contributed by atoms with Gasteiger partial charge in [0.2, 0.25) is 5.91 Å². The molecular weight excluding hydrogens is 190 g/mol. The molecule has 0 saturated heterocycles. The molecule has 15 heavy (non-hydrogen) atoms. The first-order valence-electron chi connectivity index (χ1n) is 5.82. The van der Waals surface area contributed by atoms with Crippen LogP contribution >= 0.6 is 0 Å². The maximum absolute atomic E-state index is 11.7. The van der Waals surface area contributed by atoms with Crippen LogP contribution in [0.2, 0.25) is 0 Å². The maximum Gasteiger partial charge on any atom is 0.237 e. The number of carbonyl (C=O) groups excluding carboxylic acids is 1. The molecule has 1 atom stereocenters. The van der Waals surface area contributed by atoms with E-state index in [1.807, 2.05) is 13.8 Å². The van der Waals surface area contributed by atoms with E-state index in [1.54, 1.807) is 0 Å². The highest BCUT2D eigenvalue weighted by Crippen LogP contribution is 2.17. The molecule has 0 aromatic carbocycles. The SMILES string of the molecule is CC(C)[C@@H](N)C(=O)NC1CCC(N)CC1. The first-order chi connectivity index (χ1) is 7.00. The van der Waals surface area contributed by atoms with E-state index >= 15 is 0 Å². The van der Waals surface area contributed by atoms with E-state index in [9.17, 15) is 4.79 Å². The molecule has 1 aliphatic rings. The zero-order valence-corrected chi connectivity index (χ0v) is 9.70. The maximum atomic E-state index is 11.7. The van der Waals surface area contributed by atoms with Crippen molar-refractivity contribution < 1.29 is 4.79 Å². The minimum Gasteiger partial charge on any atom is -0.352 e. The van der Waals surface area contributed by atoms with Gasteiger partial charge in [0, 0.05) is 12.1 Å². The van der Waals surface area contributed by atoms with Gasteiger partial charge in [0.25, 0.3) is 0 Å². The summed E-state index contributed by atoms with van der Waals surface area (Å²) >= 11 is 0. The Balaban J connectivity index is 2.32. The van der Waals surface area contributed by atoms with Gasteiger partial charge >= 0.3 is 0 Å². The number of nitrogens with two attached hydrogens (primary N) is 2. The predicted molar refractivity (Wildman–Crippen MR) is 61.2 cm³/mol. The van der Waals surface area contributed by atoms with E-state index in [0.29, 0.717) is 6.04 Å². The fourth-order valence-electron chi connectivity index (χ4n) is 1.86. The van der Waals surface area contributed by atoms with E-state index in [2.05, 4.69) is 5.32 Å². The Morgan fingerprint density at radius 1 is 1.27 bits per heavy atom. The van der Waals surface area contributed by atoms with Gasteiger partial charge in [-0.25, -0.2) is 0 Å². The molecule has 1 aliphatic carbocycles. The first-order valence-corrected chi connectivity index (χ1v) is 5.82. The Kier molecular flexibility index (Phi) is 4.54. The molecule has 0 heterocycles. The summed E-state index contributed by atoms with van der Waals surface area (Å²) in [5.74, 6) is 0.168. The third-order valence-electron chi connectivity index (χ3n) is 3.14. The monoisotopic (exact) mass is 213 g/mol. The predicted octanol–water partition coefficient (Wildman–Crippen LogP) is 0.356. The second kappa shape index (κ2) is 5.47. The highest BCUT2D eigenvalue weighted by atomic mass is 16.2. The zero-order chi connectivity index (χ0) is 11.4. The number of hydrogen-bond acceptors (Lipinski definition) is 3. The second-order valence-corrected chi connectivity index (χ2v) is 4.89. The third-order valence-corrected chi connectivity index (χ3v) is 3.14. The normalized spacial score (nSPS) is 28.9. The average Bonchev–Trinajstić information content (AvgIpc) is 2.20. The van der Waals surface area contributed by atoms with Gasteiger partial charge in [-0.05, 0) is 31.6 Å². The molecule has 0 aromatic rings. The fourth-order valence-corrected chi connectivity index (χ4v) is 1.86. The van der Waals surface area contributed by atoms with E-state index in [4.69, 9.17) is 11.5 Å². The van der Waals surface area contributed by atoms with Crippen LogP contribution in [0.25, 0.3) is 0 Å². The van der Waals surface area contributed by atoms with Crippen molar-refractivity contribution in [2.45, 2.75) is 57.7 Å². The lowest BCUT2D eigenvalue weighted by Crippen LogP contribution is -2.49. The molecule has 4 heteroatoms. The molecule has 5 N–H and O–H groups in total. The molecule has 0 radical (unpaired) electrons. The van der Waals surface area contributed by atoms with Gasteiger partial charge in [-0.1, -0.05) is 13.8 Å². The molecule has 0 aliphatic heterocycles. The summed E-state index contributed by atoms with van der Waals surface area (Å²) in [5.41, 5.74) is 11.6. The van der Waals surface area contributed by atoms with Gasteiger partial charge < -0.3 is 16.8 Å². The minimum absolute atomic E-state index is 0.0227. The van der Waals surface area contributed by atoms with E-state index in [1.165, 1.54) is 0 Å². The lowest BCUT2D eigenvalue weighted by atomic mass is 9.91. The molecule has 4 nitrogen and oxygen atoms in total. The number of rotatable bonds is 3. The summed E-state index contributed by atoms with van der Waals surface area (Å²) in [6.07, 6.45) is 3.97. The van der Waals surface area contributed by atoms with E-state index in [0.717, 1.165) is 25.7 Å². The first kappa shape index (κ1) is 12.5. The van der Waals surface area contributed by atoms with Crippen molar-refractivity contribution >= 4 is 5.91 Å². The molecular formula is C11H23N3O. The lowest BCUT2D eigenvalue weighted by Gasteiger charge is -2.28. The zero-order valence-electron chi connectivity index (χ0n) is 9.70. The average molecular weight is 213 g/mol. The van der Waals surface area contributed by atoms with Gasteiger partial charge in [0.15, 0.2) is 0 Å². The smallest absolute Gasteiger partial charge is 0.237 e. The van der Waals surface area contributed by atoms with Crippen LogP contribution in [0.1, 0.15) is 39.5 Å². The topological polar surface area (TPSA) is 81.1 Å². The standard InChI is InChI=1S/C11H23N3O/c1-7(2)10(13)11(15)14-9-5-3-8(12)4-6-9/h7-10H,3-6,12-13H2,1-2H3,(H,14,15)/t8?,9?,10-/m1/s1. The molecule has 88 valence electrons. The Hall–Kier alpha value is -0.610. The molecule has 1 fully saturated rings. The highest BCUT2D eigenvalue weighted by molar-refractivity contribution is 5.82. The van der Waals surface area contributed by atoms with Crippen molar-refractivity contribution in [3.8, 4) is 0 Å². The summed E-state index contributed by atoms with van der Waals surface area (Å²) in [7, 11) is 0. The molecule has 1 rings (SSSR count). The molecule has 0 aromatic heterocycles. The minimum atomic E-state index is -0.388. The summed E-state index contributed by atoms with van der Waals surface area (Å²) in [5, 5.41) is 3.00. The van der Waals surface area contributed by atoms with Gasteiger partial charge in [0.1, 0.15) is 0 Å². The van der Waals surface area contributed by atoms with Crippen LogP contribution < -0.4 is 16.8 Å². The molecule has 0 unspecified atom stereocenters. The molecule has 1 saturated carbocycles. The van der Waals surface area contributed by atoms with E-state index < -0.39 is 0 Å². The number of hydrogen-bond donors (Lipinski definition) is 3. The third kappa shape index (κ3) is 3.80. The summed E-state index contributed by atoms with van der Waals surface area (Å²) in [6, 6.07) is 0.208. The van der Waals surface area contributed by atoms with Crippen LogP contribution in [0.15, 0.2) is 0 Å². The Morgan fingerprint density at radius 3 is 2.27 bits per heavy atom. The van der Waals surface area contributed by atoms with Crippen LogP contribution in [-0.2, 0) is 4.79 Å². The lowest BCUT2D eigenvalue weighted by molar-refractivity contribution is -0.124. The number of nitrogens with one attached hydrogen (secondary N) is 1. The van der Waals surface area contributed by atoms with Gasteiger partial charge in [-0.3, -0.25) is 4.79 Å². The Morgan fingerprint density at radius 2 is 1.80 bits per heavy atom. The molecule has 1 amide bonds. The van der Waals surface area contributed by atoms with Crippen LogP contribution in [-0.4, -0.2) is 24.0 Å². The Labute approximate surface area is 91.8 Å². The Bertz CT molecular complexity index is 210. The van der Waals surface area contributed by atoms with Crippen molar-refractivity contribution in [3.05, 3.63) is 0 Å². The second-order valence-electron chi connectivity index (χ2n) is 4.89.